The topological polar surface area (TPSA) is 37.8 Å². The second-order valence-corrected chi connectivity index (χ2v) is 3.00. The highest BCUT2D eigenvalue weighted by Gasteiger charge is 1.99. The first-order valence-electron chi connectivity index (χ1n) is 3.97. The van der Waals surface area contributed by atoms with E-state index >= 15 is 0 Å². The van der Waals surface area contributed by atoms with Gasteiger partial charge in [-0.25, -0.2) is 9.97 Å². The average Bonchev–Trinajstić information content (AvgIpc) is 2.04. The van der Waals surface area contributed by atoms with Crippen molar-refractivity contribution in [2.24, 2.45) is 0 Å². The molecule has 0 aliphatic rings. The first kappa shape index (κ1) is 9.26. The van der Waals surface area contributed by atoms with Crippen LogP contribution in [0.15, 0.2) is 12.3 Å². The van der Waals surface area contributed by atoms with Crippen molar-refractivity contribution < 1.29 is 0 Å². The third kappa shape index (κ3) is 2.66. The van der Waals surface area contributed by atoms with Crippen molar-refractivity contribution in [3.8, 4) is 0 Å². The minimum Gasteiger partial charge on any atom is -0.367 e. The van der Waals surface area contributed by atoms with Crippen LogP contribution in [0, 0.1) is 0 Å². The molecule has 1 aromatic rings. The van der Waals surface area contributed by atoms with E-state index in [1.807, 2.05) is 0 Å². The number of anilines is 1. The summed E-state index contributed by atoms with van der Waals surface area (Å²) in [6, 6.07) is 2.22. The molecule has 12 heavy (non-hydrogen) atoms. The normalized spacial score (nSPS) is 12.6. The molecule has 1 aromatic heterocycles. The average molecular weight is 186 g/mol. The van der Waals surface area contributed by atoms with Gasteiger partial charge in [0.05, 0.1) is 0 Å². The number of aromatic nitrogens is 2. The van der Waals surface area contributed by atoms with Gasteiger partial charge in [-0.05, 0) is 31.0 Å². The van der Waals surface area contributed by atoms with Crippen LogP contribution in [-0.4, -0.2) is 16.0 Å². The van der Waals surface area contributed by atoms with Crippen molar-refractivity contribution in [1.82, 2.24) is 9.97 Å². The molecule has 1 N–H and O–H groups in total. The van der Waals surface area contributed by atoms with E-state index in [-0.39, 0.29) is 5.28 Å². The molecule has 0 saturated carbocycles. The minimum atomic E-state index is 0.281. The second-order valence-electron chi connectivity index (χ2n) is 2.66. The van der Waals surface area contributed by atoms with Gasteiger partial charge in [0.1, 0.15) is 5.82 Å². The van der Waals surface area contributed by atoms with Gasteiger partial charge < -0.3 is 5.32 Å². The highest BCUT2D eigenvalue weighted by Crippen LogP contribution is 2.07. The summed E-state index contributed by atoms with van der Waals surface area (Å²) in [5, 5.41) is 3.48. The van der Waals surface area contributed by atoms with Gasteiger partial charge in [-0.2, -0.15) is 0 Å². The summed E-state index contributed by atoms with van der Waals surface area (Å²) in [7, 11) is 0. The summed E-state index contributed by atoms with van der Waals surface area (Å²) < 4.78 is 0. The Bertz CT molecular complexity index is 252. The van der Waals surface area contributed by atoms with Gasteiger partial charge in [-0.15, -0.1) is 0 Å². The molecule has 0 bridgehead atoms. The quantitative estimate of drug-likeness (QED) is 0.735. The molecule has 4 heteroatoms. The monoisotopic (exact) mass is 185 g/mol. The van der Waals surface area contributed by atoms with E-state index in [2.05, 4.69) is 29.1 Å². The molecule has 0 spiro atoms. The van der Waals surface area contributed by atoms with Gasteiger partial charge in [0.2, 0.25) is 5.28 Å². The van der Waals surface area contributed by atoms with Crippen LogP contribution in [0.1, 0.15) is 20.3 Å². The molecule has 0 aliphatic heterocycles. The van der Waals surface area contributed by atoms with E-state index in [1.54, 1.807) is 12.3 Å². The molecule has 1 atom stereocenters. The predicted molar refractivity (Wildman–Crippen MR) is 50.4 cm³/mol. The summed E-state index contributed by atoms with van der Waals surface area (Å²) >= 11 is 5.61. The Labute approximate surface area is 77.2 Å². The Morgan fingerprint density at radius 2 is 2.42 bits per heavy atom. The number of rotatable bonds is 3. The molecular formula is C8H12ClN3. The number of halogens is 1. The van der Waals surface area contributed by atoms with Gasteiger partial charge in [-0.3, -0.25) is 0 Å². The Hall–Kier alpha value is -0.830. The highest BCUT2D eigenvalue weighted by atomic mass is 35.5. The van der Waals surface area contributed by atoms with E-state index in [0.29, 0.717) is 6.04 Å². The maximum absolute atomic E-state index is 5.61. The van der Waals surface area contributed by atoms with Gasteiger partial charge in [0.15, 0.2) is 0 Å². The van der Waals surface area contributed by atoms with Crippen LogP contribution in [0.5, 0.6) is 0 Å². The summed E-state index contributed by atoms with van der Waals surface area (Å²) in [6.45, 7) is 4.20. The van der Waals surface area contributed by atoms with Crippen molar-refractivity contribution >= 4 is 17.4 Å². The fourth-order valence-corrected chi connectivity index (χ4v) is 0.917. The summed E-state index contributed by atoms with van der Waals surface area (Å²) in [5.41, 5.74) is 0. The van der Waals surface area contributed by atoms with Crippen LogP contribution in [0.3, 0.4) is 0 Å². The first-order chi connectivity index (χ1) is 5.72. The molecule has 3 nitrogen and oxygen atoms in total. The summed E-state index contributed by atoms with van der Waals surface area (Å²) in [5.74, 6) is 0.782. The van der Waals surface area contributed by atoms with Gasteiger partial charge in [0.25, 0.3) is 0 Å². The second kappa shape index (κ2) is 4.26. The number of hydrogen-bond donors (Lipinski definition) is 1. The largest absolute Gasteiger partial charge is 0.367 e. The van der Waals surface area contributed by atoms with Gasteiger partial charge in [0, 0.05) is 12.2 Å². The van der Waals surface area contributed by atoms with Crippen molar-refractivity contribution in [1.29, 1.82) is 0 Å². The number of hydrogen-bond acceptors (Lipinski definition) is 3. The molecule has 1 rings (SSSR count). The number of nitrogens with one attached hydrogen (secondary N) is 1. The van der Waals surface area contributed by atoms with Crippen LogP contribution in [-0.2, 0) is 0 Å². The maximum Gasteiger partial charge on any atom is 0.224 e. The zero-order valence-corrected chi connectivity index (χ0v) is 7.97. The molecule has 0 aromatic carbocycles. The SMILES string of the molecule is CC[C@H](C)Nc1ccnc(Cl)n1. The Morgan fingerprint density at radius 1 is 1.67 bits per heavy atom. The van der Waals surface area contributed by atoms with Crippen molar-refractivity contribution in [2.75, 3.05) is 5.32 Å². The standard InChI is InChI=1S/C8H12ClN3/c1-3-6(2)11-7-4-5-10-8(9)12-7/h4-6H,3H2,1-2H3,(H,10,11,12)/t6-/m0/s1. The Morgan fingerprint density at radius 3 is 3.00 bits per heavy atom. The zero-order chi connectivity index (χ0) is 8.97. The lowest BCUT2D eigenvalue weighted by Gasteiger charge is -2.11. The highest BCUT2D eigenvalue weighted by molar-refractivity contribution is 6.28. The fraction of sp³-hybridized carbons (Fsp3) is 0.500. The molecule has 0 amide bonds. The van der Waals surface area contributed by atoms with Crippen molar-refractivity contribution in [3.05, 3.63) is 17.5 Å². The molecule has 0 saturated heterocycles. The summed E-state index contributed by atoms with van der Waals surface area (Å²) in [6.07, 6.45) is 2.70. The van der Waals surface area contributed by atoms with E-state index in [0.717, 1.165) is 12.2 Å². The van der Waals surface area contributed by atoms with Crippen molar-refractivity contribution in [3.63, 3.8) is 0 Å². The third-order valence-corrected chi connectivity index (χ3v) is 1.81. The van der Waals surface area contributed by atoms with E-state index in [9.17, 15) is 0 Å². The van der Waals surface area contributed by atoms with Crippen LogP contribution in [0.4, 0.5) is 5.82 Å². The molecular weight excluding hydrogens is 174 g/mol. The van der Waals surface area contributed by atoms with Crippen LogP contribution in [0.2, 0.25) is 5.28 Å². The lowest BCUT2D eigenvalue weighted by molar-refractivity contribution is 0.758. The molecule has 0 aliphatic carbocycles. The lowest BCUT2D eigenvalue weighted by atomic mass is 10.3. The molecule has 1 heterocycles. The molecule has 0 radical (unpaired) electrons. The fourth-order valence-electron chi connectivity index (χ4n) is 0.770. The molecule has 66 valence electrons. The first-order valence-corrected chi connectivity index (χ1v) is 4.35. The number of nitrogens with zero attached hydrogens (tertiary/aromatic N) is 2. The smallest absolute Gasteiger partial charge is 0.224 e. The lowest BCUT2D eigenvalue weighted by Crippen LogP contribution is -2.14. The Kier molecular flexibility index (Phi) is 3.29. The van der Waals surface area contributed by atoms with Crippen LogP contribution >= 0.6 is 11.6 Å². The third-order valence-electron chi connectivity index (χ3n) is 1.63. The van der Waals surface area contributed by atoms with Gasteiger partial charge in [-0.1, -0.05) is 6.92 Å². The minimum absolute atomic E-state index is 0.281. The zero-order valence-electron chi connectivity index (χ0n) is 7.21. The van der Waals surface area contributed by atoms with Gasteiger partial charge >= 0.3 is 0 Å². The van der Waals surface area contributed by atoms with E-state index in [1.165, 1.54) is 0 Å². The van der Waals surface area contributed by atoms with Crippen LogP contribution < -0.4 is 5.32 Å². The Balaban J connectivity index is 2.63. The van der Waals surface area contributed by atoms with Crippen LogP contribution in [0.25, 0.3) is 0 Å². The maximum atomic E-state index is 5.61. The van der Waals surface area contributed by atoms with Crippen molar-refractivity contribution in [2.45, 2.75) is 26.3 Å². The molecule has 0 fully saturated rings. The van der Waals surface area contributed by atoms with E-state index in [4.69, 9.17) is 11.6 Å². The van der Waals surface area contributed by atoms with E-state index < -0.39 is 0 Å². The summed E-state index contributed by atoms with van der Waals surface area (Å²) in [4.78, 5) is 7.79. The molecule has 0 unspecified atom stereocenters. The predicted octanol–water partition coefficient (Wildman–Crippen LogP) is 2.34.